The predicted molar refractivity (Wildman–Crippen MR) is 119 cm³/mol. The third-order valence-electron chi connectivity index (χ3n) is 5.28. The van der Waals surface area contributed by atoms with E-state index in [1.165, 1.54) is 37.1 Å². The Morgan fingerprint density at radius 2 is 1.79 bits per heavy atom. The Kier molecular flexibility index (Phi) is 11.0. The second-order valence-corrected chi connectivity index (χ2v) is 7.80. The number of nitrogens with one attached hydrogen (secondary N) is 2. The lowest BCUT2D eigenvalue weighted by atomic mass is 9.99. The van der Waals surface area contributed by atoms with Gasteiger partial charge in [0.25, 0.3) is 0 Å². The number of benzene rings is 1. The summed E-state index contributed by atoms with van der Waals surface area (Å²) in [5.41, 5.74) is 2.66. The predicted octanol–water partition coefficient (Wildman–Crippen LogP) is 3.79. The Morgan fingerprint density at radius 1 is 1.07 bits per heavy atom. The summed E-state index contributed by atoms with van der Waals surface area (Å²) in [5.74, 6) is 1.78. The van der Waals surface area contributed by atoms with Crippen molar-refractivity contribution in [3.63, 3.8) is 0 Å². The Bertz CT molecular complexity index is 550. The molecule has 28 heavy (non-hydrogen) atoms. The van der Waals surface area contributed by atoms with E-state index in [-0.39, 0.29) is 0 Å². The van der Waals surface area contributed by atoms with E-state index in [0.717, 1.165) is 57.6 Å². The molecule has 1 saturated heterocycles. The quantitative estimate of drug-likeness (QED) is 0.344. The van der Waals surface area contributed by atoms with Gasteiger partial charge in [0.05, 0.1) is 6.54 Å². The SMILES string of the molecule is CCNC(=NCc1ccc(CN2CCC(C)CC2)cc1)NCCCCOCC. The van der Waals surface area contributed by atoms with Crippen LogP contribution in [0.15, 0.2) is 29.3 Å². The van der Waals surface area contributed by atoms with Gasteiger partial charge in [-0.05, 0) is 69.7 Å². The zero-order valence-corrected chi connectivity index (χ0v) is 18.2. The zero-order chi connectivity index (χ0) is 20.0. The first-order chi connectivity index (χ1) is 13.7. The van der Waals surface area contributed by atoms with Crippen LogP contribution in [0.4, 0.5) is 0 Å². The molecular formula is C23H40N4O. The molecule has 1 fully saturated rings. The molecule has 0 aliphatic carbocycles. The van der Waals surface area contributed by atoms with Crippen molar-refractivity contribution in [2.45, 2.75) is 59.5 Å². The molecule has 2 N–H and O–H groups in total. The highest BCUT2D eigenvalue weighted by Gasteiger charge is 2.15. The highest BCUT2D eigenvalue weighted by atomic mass is 16.5. The third-order valence-corrected chi connectivity index (χ3v) is 5.28. The molecule has 0 bridgehead atoms. The molecule has 0 radical (unpaired) electrons. The first kappa shape index (κ1) is 22.7. The van der Waals surface area contributed by atoms with E-state index in [4.69, 9.17) is 9.73 Å². The first-order valence-electron chi connectivity index (χ1n) is 11.1. The minimum Gasteiger partial charge on any atom is -0.382 e. The minimum absolute atomic E-state index is 0.704. The van der Waals surface area contributed by atoms with Crippen LogP contribution in [0.3, 0.4) is 0 Å². The van der Waals surface area contributed by atoms with Gasteiger partial charge < -0.3 is 15.4 Å². The number of likely N-dealkylation sites (tertiary alicyclic amines) is 1. The monoisotopic (exact) mass is 388 g/mol. The van der Waals surface area contributed by atoms with Gasteiger partial charge in [-0.1, -0.05) is 31.2 Å². The fourth-order valence-electron chi connectivity index (χ4n) is 3.42. The first-order valence-corrected chi connectivity index (χ1v) is 11.1. The standard InChI is InChI=1S/C23H40N4O/c1-4-24-23(25-14-6-7-17-28-5-2)26-18-21-8-10-22(11-9-21)19-27-15-12-20(3)13-16-27/h8-11,20H,4-7,12-19H2,1-3H3,(H2,24,25,26). The highest BCUT2D eigenvalue weighted by Crippen LogP contribution is 2.18. The summed E-state index contributed by atoms with van der Waals surface area (Å²) in [6, 6.07) is 8.96. The minimum atomic E-state index is 0.704. The van der Waals surface area contributed by atoms with E-state index in [9.17, 15) is 0 Å². The lowest BCUT2D eigenvalue weighted by molar-refractivity contribution is 0.143. The maximum atomic E-state index is 5.38. The highest BCUT2D eigenvalue weighted by molar-refractivity contribution is 5.79. The van der Waals surface area contributed by atoms with Crippen LogP contribution in [0.25, 0.3) is 0 Å². The number of rotatable bonds is 11. The summed E-state index contributed by atoms with van der Waals surface area (Å²) in [4.78, 5) is 7.30. The number of hydrogen-bond acceptors (Lipinski definition) is 3. The Hall–Kier alpha value is -1.59. The van der Waals surface area contributed by atoms with Gasteiger partial charge in [-0.2, -0.15) is 0 Å². The van der Waals surface area contributed by atoms with Crippen molar-refractivity contribution >= 4 is 5.96 Å². The van der Waals surface area contributed by atoms with Gasteiger partial charge in [-0.15, -0.1) is 0 Å². The summed E-state index contributed by atoms with van der Waals surface area (Å²) in [6.45, 7) is 14.2. The molecule has 0 amide bonds. The summed E-state index contributed by atoms with van der Waals surface area (Å²) >= 11 is 0. The van der Waals surface area contributed by atoms with E-state index >= 15 is 0 Å². The van der Waals surface area contributed by atoms with Gasteiger partial charge in [0.15, 0.2) is 5.96 Å². The second-order valence-electron chi connectivity index (χ2n) is 7.80. The van der Waals surface area contributed by atoms with E-state index in [0.29, 0.717) is 6.54 Å². The topological polar surface area (TPSA) is 48.9 Å². The lowest BCUT2D eigenvalue weighted by Crippen LogP contribution is -2.37. The van der Waals surface area contributed by atoms with Gasteiger partial charge in [-0.25, -0.2) is 4.99 Å². The van der Waals surface area contributed by atoms with Crippen molar-refractivity contribution in [3.05, 3.63) is 35.4 Å². The summed E-state index contributed by atoms with van der Waals surface area (Å²) in [7, 11) is 0. The van der Waals surface area contributed by atoms with E-state index in [2.05, 4.69) is 53.6 Å². The largest absolute Gasteiger partial charge is 0.382 e. The molecule has 0 saturated carbocycles. The van der Waals surface area contributed by atoms with Gasteiger partial charge in [-0.3, -0.25) is 4.90 Å². The van der Waals surface area contributed by atoms with Gasteiger partial charge >= 0.3 is 0 Å². The molecule has 1 aromatic rings. The molecule has 5 nitrogen and oxygen atoms in total. The van der Waals surface area contributed by atoms with Gasteiger partial charge in [0, 0.05) is 32.8 Å². The van der Waals surface area contributed by atoms with Crippen LogP contribution in [0, 0.1) is 5.92 Å². The van der Waals surface area contributed by atoms with Crippen molar-refractivity contribution in [2.24, 2.45) is 10.9 Å². The molecule has 1 heterocycles. The van der Waals surface area contributed by atoms with E-state index in [1.54, 1.807) is 0 Å². The summed E-state index contributed by atoms with van der Waals surface area (Å²) in [5, 5.41) is 6.74. The van der Waals surface area contributed by atoms with Crippen LogP contribution in [0.1, 0.15) is 57.6 Å². The van der Waals surface area contributed by atoms with E-state index < -0.39 is 0 Å². The van der Waals surface area contributed by atoms with Crippen LogP contribution in [0.2, 0.25) is 0 Å². The van der Waals surface area contributed by atoms with Crippen molar-refractivity contribution in [1.82, 2.24) is 15.5 Å². The number of piperidine rings is 1. The molecule has 158 valence electrons. The van der Waals surface area contributed by atoms with Crippen molar-refractivity contribution in [1.29, 1.82) is 0 Å². The molecule has 1 aliphatic heterocycles. The molecule has 2 rings (SSSR count). The van der Waals surface area contributed by atoms with Crippen LogP contribution in [0.5, 0.6) is 0 Å². The normalized spacial score (nSPS) is 16.3. The van der Waals surface area contributed by atoms with Crippen LogP contribution in [-0.4, -0.2) is 50.3 Å². The van der Waals surface area contributed by atoms with Crippen LogP contribution in [-0.2, 0) is 17.8 Å². The fourth-order valence-corrected chi connectivity index (χ4v) is 3.42. The Balaban J connectivity index is 1.75. The number of aliphatic imine (C=N–C) groups is 1. The average molecular weight is 389 g/mol. The van der Waals surface area contributed by atoms with Crippen molar-refractivity contribution < 1.29 is 4.74 Å². The Labute approximate surface area is 171 Å². The fraction of sp³-hybridized carbons (Fsp3) is 0.696. The third kappa shape index (κ3) is 9.07. The molecule has 0 unspecified atom stereocenters. The summed E-state index contributed by atoms with van der Waals surface area (Å²) < 4.78 is 5.38. The van der Waals surface area contributed by atoms with Crippen LogP contribution >= 0.6 is 0 Å². The molecule has 0 atom stereocenters. The van der Waals surface area contributed by atoms with Crippen molar-refractivity contribution in [2.75, 3.05) is 39.4 Å². The number of ether oxygens (including phenoxy) is 1. The van der Waals surface area contributed by atoms with Crippen LogP contribution < -0.4 is 10.6 Å². The lowest BCUT2D eigenvalue weighted by Gasteiger charge is -2.30. The summed E-state index contributed by atoms with van der Waals surface area (Å²) in [6.07, 6.45) is 4.84. The number of nitrogens with zero attached hydrogens (tertiary/aromatic N) is 2. The van der Waals surface area contributed by atoms with Gasteiger partial charge in [0.1, 0.15) is 0 Å². The molecule has 1 aliphatic rings. The average Bonchev–Trinajstić information content (AvgIpc) is 2.71. The maximum absolute atomic E-state index is 5.38. The number of guanidine groups is 1. The number of unbranched alkanes of at least 4 members (excludes halogenated alkanes) is 1. The molecule has 0 spiro atoms. The smallest absolute Gasteiger partial charge is 0.191 e. The maximum Gasteiger partial charge on any atom is 0.191 e. The molecule has 0 aromatic heterocycles. The van der Waals surface area contributed by atoms with Crippen molar-refractivity contribution in [3.8, 4) is 0 Å². The van der Waals surface area contributed by atoms with E-state index in [1.807, 2.05) is 6.92 Å². The molecule has 1 aromatic carbocycles. The zero-order valence-electron chi connectivity index (χ0n) is 18.2. The Morgan fingerprint density at radius 3 is 2.46 bits per heavy atom. The molecular weight excluding hydrogens is 348 g/mol. The second kappa shape index (κ2) is 13.6. The van der Waals surface area contributed by atoms with Gasteiger partial charge in [0.2, 0.25) is 0 Å². The molecule has 5 heteroatoms. The number of hydrogen-bond donors (Lipinski definition) is 2.